The average molecular weight is 492 g/mol. The molecule has 0 aliphatic carbocycles. The van der Waals surface area contributed by atoms with Crippen LogP contribution in [0.1, 0.15) is 44.9 Å². The van der Waals surface area contributed by atoms with Gasteiger partial charge in [-0.05, 0) is 44.7 Å². The summed E-state index contributed by atoms with van der Waals surface area (Å²) in [5, 5.41) is 2.68. The van der Waals surface area contributed by atoms with E-state index in [9.17, 15) is 0 Å². The van der Waals surface area contributed by atoms with Gasteiger partial charge in [0.05, 0.1) is 0 Å². The van der Waals surface area contributed by atoms with Gasteiger partial charge in [0.1, 0.15) is 0 Å². The molecule has 0 saturated heterocycles. The number of fused-ring (bicyclic) bond motifs is 1. The molecule has 4 aromatic rings. The second-order valence-corrected chi connectivity index (χ2v) is 7.65. The third-order valence-corrected chi connectivity index (χ3v) is 5.18. The molecular formula is C26H25Cl3Ti. The Hall–Kier alpha value is -1.15. The van der Waals surface area contributed by atoms with Crippen LogP contribution in [0.25, 0.3) is 10.8 Å². The maximum absolute atomic E-state index is 2.34. The Labute approximate surface area is 214 Å². The van der Waals surface area contributed by atoms with E-state index in [0.717, 1.165) is 0 Å². The van der Waals surface area contributed by atoms with E-state index in [2.05, 4.69) is 100 Å². The Morgan fingerprint density at radius 1 is 0.600 bits per heavy atom. The zero-order valence-electron chi connectivity index (χ0n) is 17.6. The molecule has 0 saturated carbocycles. The van der Waals surface area contributed by atoms with E-state index < -0.39 is 0 Å². The largest absolute Gasteiger partial charge is 4.00 e. The zero-order valence-corrected chi connectivity index (χ0v) is 21.5. The van der Waals surface area contributed by atoms with Gasteiger partial charge in [-0.25, -0.2) is 0 Å². The Morgan fingerprint density at radius 2 is 1.03 bits per heavy atom. The number of benzene rings is 3. The van der Waals surface area contributed by atoms with E-state index in [1.165, 1.54) is 49.7 Å². The summed E-state index contributed by atoms with van der Waals surface area (Å²) >= 11 is 0. The molecule has 0 spiro atoms. The van der Waals surface area contributed by atoms with Crippen molar-refractivity contribution in [3.8, 4) is 0 Å². The van der Waals surface area contributed by atoms with Gasteiger partial charge in [0.2, 0.25) is 0 Å². The van der Waals surface area contributed by atoms with Gasteiger partial charge in [0, 0.05) is 0 Å². The summed E-state index contributed by atoms with van der Waals surface area (Å²) in [6.07, 6.45) is 0. The van der Waals surface area contributed by atoms with Crippen LogP contribution in [0.5, 0.6) is 0 Å². The second-order valence-electron chi connectivity index (χ2n) is 7.65. The van der Waals surface area contributed by atoms with E-state index >= 15 is 0 Å². The minimum absolute atomic E-state index is 0. The van der Waals surface area contributed by atoms with Crippen molar-refractivity contribution in [1.82, 2.24) is 0 Å². The Kier molecular flexibility index (Phi) is 11.6. The maximum atomic E-state index is 2.34. The minimum Gasteiger partial charge on any atom is -1.00 e. The van der Waals surface area contributed by atoms with Crippen LogP contribution in [0.4, 0.5) is 0 Å². The van der Waals surface area contributed by atoms with E-state index in [4.69, 9.17) is 0 Å². The molecule has 0 heterocycles. The standard InChI is InChI=1S/C26H25.3ClH.Ti/c1-17-11-18(2)14-22(13-17)26(23-15-19(3)12-20(4)16-23)25-10-9-21-7-5-6-8-24(21)25;;;;/h5-16,26H,1-4H3;3*1H;/q-1;;;;+4/p-3. The van der Waals surface area contributed by atoms with Crippen LogP contribution in [0.3, 0.4) is 0 Å². The van der Waals surface area contributed by atoms with Gasteiger partial charge < -0.3 is 37.2 Å². The normalized spacial score (nSPS) is 9.90. The van der Waals surface area contributed by atoms with E-state index in [1.807, 2.05) is 0 Å². The first kappa shape index (κ1) is 28.9. The molecule has 0 aromatic heterocycles. The fraction of sp³-hybridized carbons (Fsp3) is 0.192. The first-order valence-corrected chi connectivity index (χ1v) is 9.32. The SMILES string of the molecule is Cc1cc(C)cc(C(c2cc(C)cc(C)c2)[c-]2ccc3ccccc32)c1.[Cl-].[Cl-].[Cl-].[Ti+4]. The van der Waals surface area contributed by atoms with Crippen molar-refractivity contribution in [3.63, 3.8) is 0 Å². The molecule has 30 heavy (non-hydrogen) atoms. The van der Waals surface area contributed by atoms with Crippen molar-refractivity contribution in [1.29, 1.82) is 0 Å². The van der Waals surface area contributed by atoms with Crippen LogP contribution in [0.15, 0.2) is 72.8 Å². The summed E-state index contributed by atoms with van der Waals surface area (Å²) in [6, 6.07) is 27.2. The molecular weight excluding hydrogens is 467 g/mol. The van der Waals surface area contributed by atoms with Crippen LogP contribution in [0.2, 0.25) is 0 Å². The quantitative estimate of drug-likeness (QED) is 0.229. The fourth-order valence-electron chi connectivity index (χ4n) is 4.33. The molecule has 0 nitrogen and oxygen atoms in total. The molecule has 0 fully saturated rings. The first-order valence-electron chi connectivity index (χ1n) is 9.32. The van der Waals surface area contributed by atoms with Crippen molar-refractivity contribution in [3.05, 3.63) is 112 Å². The number of hydrogen-bond acceptors (Lipinski definition) is 0. The van der Waals surface area contributed by atoms with Gasteiger partial charge in [-0.2, -0.15) is 6.07 Å². The monoisotopic (exact) mass is 490 g/mol. The molecule has 4 heteroatoms. The Morgan fingerprint density at radius 3 is 1.50 bits per heavy atom. The van der Waals surface area contributed by atoms with Crippen LogP contribution in [-0.4, -0.2) is 0 Å². The number of rotatable bonds is 3. The van der Waals surface area contributed by atoms with Crippen LogP contribution in [0, 0.1) is 27.7 Å². The van der Waals surface area contributed by atoms with Crippen molar-refractivity contribution in [2.75, 3.05) is 0 Å². The molecule has 0 unspecified atom stereocenters. The van der Waals surface area contributed by atoms with Crippen molar-refractivity contribution < 1.29 is 58.9 Å². The third-order valence-electron chi connectivity index (χ3n) is 5.18. The van der Waals surface area contributed by atoms with Gasteiger partial charge >= 0.3 is 21.7 Å². The predicted molar refractivity (Wildman–Crippen MR) is 112 cm³/mol. The minimum atomic E-state index is 0. The molecule has 0 aliphatic heterocycles. The molecule has 4 rings (SSSR count). The summed E-state index contributed by atoms with van der Waals surface area (Å²) in [7, 11) is 0. The molecule has 4 aromatic carbocycles. The van der Waals surface area contributed by atoms with E-state index in [1.54, 1.807) is 0 Å². The molecule has 0 radical (unpaired) electrons. The topological polar surface area (TPSA) is 0 Å². The van der Waals surface area contributed by atoms with Crippen molar-refractivity contribution in [2.24, 2.45) is 0 Å². The molecule has 154 valence electrons. The third kappa shape index (κ3) is 5.97. The van der Waals surface area contributed by atoms with Crippen molar-refractivity contribution in [2.45, 2.75) is 33.6 Å². The fourth-order valence-corrected chi connectivity index (χ4v) is 4.33. The van der Waals surface area contributed by atoms with Crippen molar-refractivity contribution >= 4 is 10.8 Å². The smallest absolute Gasteiger partial charge is 1.00 e. The van der Waals surface area contributed by atoms with Crippen LogP contribution in [-0.2, 0) is 21.7 Å². The maximum Gasteiger partial charge on any atom is 4.00 e. The van der Waals surface area contributed by atoms with Crippen LogP contribution >= 0.6 is 0 Å². The van der Waals surface area contributed by atoms with Crippen LogP contribution < -0.4 is 37.2 Å². The summed E-state index contributed by atoms with van der Waals surface area (Å²) < 4.78 is 0. The van der Waals surface area contributed by atoms with Gasteiger partial charge in [0.25, 0.3) is 0 Å². The summed E-state index contributed by atoms with van der Waals surface area (Å²) in [6.45, 7) is 8.77. The Balaban J connectivity index is 0.00000210. The van der Waals surface area contributed by atoms with Gasteiger partial charge in [-0.3, -0.25) is 0 Å². The summed E-state index contributed by atoms with van der Waals surface area (Å²) in [4.78, 5) is 0. The molecule has 0 amide bonds. The van der Waals surface area contributed by atoms with E-state index in [-0.39, 0.29) is 64.9 Å². The average Bonchev–Trinajstić information content (AvgIpc) is 2.97. The number of halogens is 3. The Bertz CT molecular complexity index is 1010. The first-order chi connectivity index (χ1) is 12.5. The number of aryl methyl sites for hydroxylation is 4. The second kappa shape index (κ2) is 12.0. The van der Waals surface area contributed by atoms with Gasteiger partial charge in [-0.15, -0.1) is 40.6 Å². The molecule has 0 atom stereocenters. The molecule has 0 bridgehead atoms. The number of hydrogen-bond donors (Lipinski definition) is 0. The zero-order chi connectivity index (χ0) is 18.3. The summed E-state index contributed by atoms with van der Waals surface area (Å²) in [5.74, 6) is 0.257. The van der Waals surface area contributed by atoms with E-state index in [0.29, 0.717) is 0 Å². The molecule has 0 aliphatic rings. The molecule has 0 N–H and O–H groups in total. The van der Waals surface area contributed by atoms with Gasteiger partial charge in [0.15, 0.2) is 0 Å². The van der Waals surface area contributed by atoms with Gasteiger partial charge in [-0.1, -0.05) is 64.7 Å². The predicted octanol–water partition coefficient (Wildman–Crippen LogP) is -2.02. The summed E-state index contributed by atoms with van der Waals surface area (Å²) in [5.41, 5.74) is 9.45.